The van der Waals surface area contributed by atoms with E-state index in [2.05, 4.69) is 0 Å². The van der Waals surface area contributed by atoms with Crippen LogP contribution in [0.4, 0.5) is 0 Å². The molecule has 0 fully saturated rings. The fourth-order valence-corrected chi connectivity index (χ4v) is 0.542. The van der Waals surface area contributed by atoms with Crippen molar-refractivity contribution in [3.05, 3.63) is 22.7 Å². The summed E-state index contributed by atoms with van der Waals surface area (Å²) >= 11 is 0. The highest BCUT2D eigenvalue weighted by Gasteiger charge is 2.33. The lowest BCUT2D eigenvalue weighted by Crippen LogP contribution is -1.73. The first-order valence-electron chi connectivity index (χ1n) is 2.39. The number of hydrogen-bond acceptors (Lipinski definition) is 4. The molecule has 4 heteroatoms. The Hall–Kier alpha value is -1.94. The molecule has 0 unspecified atom stereocenters. The Kier molecular flexibility index (Phi) is 1.10. The maximum atomic E-state index is 8.60. The van der Waals surface area contributed by atoms with Gasteiger partial charge in [-0.05, 0) is 0 Å². The fourth-order valence-electron chi connectivity index (χ4n) is 0.542. The lowest BCUT2D eigenvalue weighted by Gasteiger charge is -1.75. The molecule has 0 aromatic carbocycles. The first-order chi connectivity index (χ1) is 4.72. The van der Waals surface area contributed by atoms with E-state index < -0.39 is 0 Å². The topological polar surface area (TPSA) is 88.0 Å². The monoisotopic (exact) mass is 134 g/mol. The standard InChI is InChI=1S/C6H2N2O2/c7-1-3(2-8)4-5(9)6(4)10/h9-10H. The minimum atomic E-state index is -0.349. The third kappa shape index (κ3) is 0.602. The van der Waals surface area contributed by atoms with Gasteiger partial charge in [-0.1, -0.05) is 0 Å². The molecule has 0 radical (unpaired) electrons. The molecule has 4 nitrogen and oxygen atoms in total. The molecule has 0 saturated heterocycles. The van der Waals surface area contributed by atoms with Crippen molar-refractivity contribution in [1.82, 2.24) is 0 Å². The summed E-state index contributed by atoms with van der Waals surface area (Å²) in [5, 5.41) is 33.6. The molecule has 0 aliphatic heterocycles. The van der Waals surface area contributed by atoms with Crippen LogP contribution in [0.3, 0.4) is 0 Å². The van der Waals surface area contributed by atoms with Crippen molar-refractivity contribution in [1.29, 1.82) is 10.5 Å². The van der Waals surface area contributed by atoms with E-state index in [1.165, 1.54) is 12.1 Å². The fraction of sp³-hybridized carbons (Fsp3) is 0. The number of hydrogen-bond donors (Lipinski definition) is 2. The van der Waals surface area contributed by atoms with E-state index in [0.29, 0.717) is 0 Å². The molecular formula is C6H2N2O2. The Morgan fingerprint density at radius 2 is 1.50 bits per heavy atom. The van der Waals surface area contributed by atoms with E-state index in [-0.39, 0.29) is 22.7 Å². The van der Waals surface area contributed by atoms with Crippen LogP contribution in [-0.2, 0) is 0 Å². The molecule has 2 N–H and O–H groups in total. The van der Waals surface area contributed by atoms with Gasteiger partial charge in [0.1, 0.15) is 17.7 Å². The van der Waals surface area contributed by atoms with Crippen molar-refractivity contribution in [2.45, 2.75) is 0 Å². The van der Waals surface area contributed by atoms with Crippen molar-refractivity contribution in [3.63, 3.8) is 0 Å². The summed E-state index contributed by atoms with van der Waals surface area (Å²) in [6.45, 7) is 0. The Morgan fingerprint density at radius 1 is 1.10 bits per heavy atom. The van der Waals surface area contributed by atoms with E-state index in [4.69, 9.17) is 20.7 Å². The van der Waals surface area contributed by atoms with E-state index in [9.17, 15) is 0 Å². The normalized spacial score (nSPS) is 14.0. The van der Waals surface area contributed by atoms with Crippen molar-refractivity contribution in [2.24, 2.45) is 0 Å². The first kappa shape index (κ1) is 6.18. The number of aliphatic hydroxyl groups excluding tert-OH is 2. The van der Waals surface area contributed by atoms with Crippen LogP contribution in [0.15, 0.2) is 22.7 Å². The van der Waals surface area contributed by atoms with Crippen LogP contribution in [0.1, 0.15) is 0 Å². The van der Waals surface area contributed by atoms with Gasteiger partial charge in [-0.2, -0.15) is 10.5 Å². The van der Waals surface area contributed by atoms with Crippen LogP contribution < -0.4 is 0 Å². The van der Waals surface area contributed by atoms with E-state index >= 15 is 0 Å². The summed E-state index contributed by atoms with van der Waals surface area (Å²) in [6, 6.07) is 3.06. The van der Waals surface area contributed by atoms with Crippen LogP contribution in [-0.4, -0.2) is 10.2 Å². The molecule has 0 saturated carbocycles. The molecule has 0 amide bonds. The van der Waals surface area contributed by atoms with Crippen LogP contribution >= 0.6 is 0 Å². The van der Waals surface area contributed by atoms with Crippen molar-refractivity contribution >= 4 is 0 Å². The molecule has 48 valence electrons. The van der Waals surface area contributed by atoms with Gasteiger partial charge in [-0.3, -0.25) is 0 Å². The number of nitrogens with zero attached hydrogens (tertiary/aromatic N) is 2. The molecule has 0 aromatic heterocycles. The second-order valence-corrected chi connectivity index (χ2v) is 1.67. The molecule has 0 spiro atoms. The number of nitriles is 2. The molecule has 0 atom stereocenters. The minimum absolute atomic E-state index is 0.0231. The summed E-state index contributed by atoms with van der Waals surface area (Å²) in [6.07, 6.45) is 0. The quantitative estimate of drug-likeness (QED) is 0.476. The Morgan fingerprint density at radius 3 is 1.60 bits per heavy atom. The molecule has 10 heavy (non-hydrogen) atoms. The molecule has 0 heterocycles. The summed E-state index contributed by atoms with van der Waals surface area (Å²) in [5.41, 5.74) is -0.278. The Bertz CT molecular complexity index is 295. The largest absolute Gasteiger partial charge is 0.504 e. The van der Waals surface area contributed by atoms with Gasteiger partial charge in [0.25, 0.3) is 0 Å². The minimum Gasteiger partial charge on any atom is -0.504 e. The zero-order valence-electron chi connectivity index (χ0n) is 4.79. The predicted octanol–water partition coefficient (Wildman–Crippen LogP) is 0.671. The van der Waals surface area contributed by atoms with Gasteiger partial charge in [-0.15, -0.1) is 0 Å². The van der Waals surface area contributed by atoms with Gasteiger partial charge in [0.05, 0.1) is 5.57 Å². The lowest BCUT2D eigenvalue weighted by molar-refractivity contribution is 0.407. The maximum Gasteiger partial charge on any atom is 0.171 e. The predicted molar refractivity (Wildman–Crippen MR) is 30.5 cm³/mol. The second kappa shape index (κ2) is 1.78. The Labute approximate surface area is 56.6 Å². The number of allylic oxidation sites excluding steroid dienone is 3. The molecular weight excluding hydrogens is 132 g/mol. The van der Waals surface area contributed by atoms with Crippen LogP contribution in [0.25, 0.3) is 0 Å². The summed E-state index contributed by atoms with van der Waals surface area (Å²) in [7, 11) is 0. The SMILES string of the molecule is N#CC(C#N)=C1C(O)=C1O. The third-order valence-electron chi connectivity index (χ3n) is 1.11. The van der Waals surface area contributed by atoms with Gasteiger partial charge in [0.15, 0.2) is 11.5 Å². The molecule has 1 rings (SSSR count). The van der Waals surface area contributed by atoms with E-state index in [0.717, 1.165) is 0 Å². The van der Waals surface area contributed by atoms with Gasteiger partial charge < -0.3 is 10.2 Å². The second-order valence-electron chi connectivity index (χ2n) is 1.67. The van der Waals surface area contributed by atoms with Gasteiger partial charge in [0.2, 0.25) is 0 Å². The molecule has 0 bridgehead atoms. The average molecular weight is 134 g/mol. The highest BCUT2D eigenvalue weighted by Crippen LogP contribution is 2.35. The highest BCUT2D eigenvalue weighted by molar-refractivity contribution is 5.66. The maximum absolute atomic E-state index is 8.60. The lowest BCUT2D eigenvalue weighted by atomic mass is 10.3. The summed E-state index contributed by atoms with van der Waals surface area (Å²) in [5.74, 6) is -0.698. The Balaban J connectivity index is 3.00. The van der Waals surface area contributed by atoms with Gasteiger partial charge >= 0.3 is 0 Å². The smallest absolute Gasteiger partial charge is 0.171 e. The summed E-state index contributed by atoms with van der Waals surface area (Å²) < 4.78 is 0. The van der Waals surface area contributed by atoms with Crippen LogP contribution in [0.5, 0.6) is 0 Å². The number of aliphatic hydroxyl groups is 2. The van der Waals surface area contributed by atoms with E-state index in [1.807, 2.05) is 0 Å². The van der Waals surface area contributed by atoms with Gasteiger partial charge in [0, 0.05) is 0 Å². The van der Waals surface area contributed by atoms with Crippen molar-refractivity contribution < 1.29 is 10.2 Å². The zero-order valence-corrected chi connectivity index (χ0v) is 4.79. The molecule has 1 aliphatic carbocycles. The van der Waals surface area contributed by atoms with Crippen LogP contribution in [0.2, 0.25) is 0 Å². The van der Waals surface area contributed by atoms with Gasteiger partial charge in [-0.25, -0.2) is 0 Å². The van der Waals surface area contributed by atoms with E-state index in [1.54, 1.807) is 0 Å². The average Bonchev–Trinajstić information content (AvgIpc) is 2.49. The zero-order chi connectivity index (χ0) is 7.72. The molecule has 0 aromatic rings. The molecule has 1 aliphatic rings. The first-order valence-corrected chi connectivity index (χ1v) is 2.39. The third-order valence-corrected chi connectivity index (χ3v) is 1.11. The number of rotatable bonds is 0. The van der Waals surface area contributed by atoms with Crippen molar-refractivity contribution in [3.8, 4) is 12.1 Å². The van der Waals surface area contributed by atoms with Crippen molar-refractivity contribution in [2.75, 3.05) is 0 Å². The summed E-state index contributed by atoms with van der Waals surface area (Å²) in [4.78, 5) is 0. The van der Waals surface area contributed by atoms with Crippen LogP contribution in [0, 0.1) is 22.7 Å². The highest BCUT2D eigenvalue weighted by atomic mass is 16.3.